The summed E-state index contributed by atoms with van der Waals surface area (Å²) in [6.07, 6.45) is 13.8. The minimum absolute atomic E-state index is 0.601. The van der Waals surface area contributed by atoms with E-state index in [1.807, 2.05) is 0 Å². The first kappa shape index (κ1) is 20.8. The van der Waals surface area contributed by atoms with Crippen LogP contribution in [0.25, 0.3) is 16.6 Å². The van der Waals surface area contributed by atoms with E-state index < -0.39 is 0 Å². The highest BCUT2D eigenvalue weighted by molar-refractivity contribution is 5.95. The van der Waals surface area contributed by atoms with Gasteiger partial charge in [-0.05, 0) is 70.7 Å². The quantitative estimate of drug-likeness (QED) is 0.529. The lowest BCUT2D eigenvalue weighted by Crippen LogP contribution is -2.20. The maximum atomic E-state index is 6.25. The van der Waals surface area contributed by atoms with E-state index in [1.165, 1.54) is 56.3 Å². The van der Waals surface area contributed by atoms with Gasteiger partial charge in [0.15, 0.2) is 0 Å². The van der Waals surface area contributed by atoms with Crippen LogP contribution in [-0.4, -0.2) is 40.0 Å². The highest BCUT2D eigenvalue weighted by atomic mass is 15.1. The second-order valence-corrected chi connectivity index (χ2v) is 8.21. The molecule has 3 rings (SSSR count). The van der Waals surface area contributed by atoms with Crippen molar-refractivity contribution in [2.75, 3.05) is 25.9 Å². The number of nitrogens with one attached hydrogen (secondary N) is 1. The number of aromatic nitrogens is 3. The molecule has 0 saturated heterocycles. The molecule has 3 N–H and O–H groups in total. The number of hydrogen-bond acceptors (Lipinski definition) is 4. The molecule has 154 valence electrons. The minimum Gasteiger partial charge on any atom is -0.382 e. The monoisotopic (exact) mass is 383 g/mol. The summed E-state index contributed by atoms with van der Waals surface area (Å²) in [5.41, 5.74) is 12.1. The zero-order valence-corrected chi connectivity index (χ0v) is 18.0. The van der Waals surface area contributed by atoms with E-state index in [0.29, 0.717) is 5.82 Å². The van der Waals surface area contributed by atoms with E-state index in [1.54, 1.807) is 0 Å². The van der Waals surface area contributed by atoms with Crippen molar-refractivity contribution in [2.24, 2.45) is 0 Å². The SMILES string of the molecule is CCCCc1nc2c3c(nc(N)c2[nH]1)CCC=C3CCCCCN(C)CCC. The van der Waals surface area contributed by atoms with E-state index in [4.69, 9.17) is 15.7 Å². The van der Waals surface area contributed by atoms with Crippen molar-refractivity contribution < 1.29 is 0 Å². The molecule has 5 nitrogen and oxygen atoms in total. The lowest BCUT2D eigenvalue weighted by molar-refractivity contribution is 0.325. The summed E-state index contributed by atoms with van der Waals surface area (Å²) < 4.78 is 0. The highest BCUT2D eigenvalue weighted by Gasteiger charge is 2.21. The number of nitrogen functional groups attached to an aromatic ring is 1. The smallest absolute Gasteiger partial charge is 0.149 e. The van der Waals surface area contributed by atoms with Crippen LogP contribution in [0.1, 0.15) is 82.3 Å². The lowest BCUT2D eigenvalue weighted by atomic mass is 9.90. The molecule has 2 aromatic rings. The topological polar surface area (TPSA) is 70.8 Å². The Morgan fingerprint density at radius 1 is 1.04 bits per heavy atom. The van der Waals surface area contributed by atoms with Gasteiger partial charge in [0.1, 0.15) is 22.7 Å². The van der Waals surface area contributed by atoms with Gasteiger partial charge in [0.25, 0.3) is 0 Å². The van der Waals surface area contributed by atoms with Crippen molar-refractivity contribution in [3.05, 3.63) is 23.2 Å². The van der Waals surface area contributed by atoms with Gasteiger partial charge in [0, 0.05) is 12.0 Å². The number of rotatable bonds is 11. The summed E-state index contributed by atoms with van der Waals surface area (Å²) in [6, 6.07) is 0. The van der Waals surface area contributed by atoms with E-state index in [-0.39, 0.29) is 0 Å². The van der Waals surface area contributed by atoms with Crippen LogP contribution in [-0.2, 0) is 12.8 Å². The van der Waals surface area contributed by atoms with Gasteiger partial charge in [-0.2, -0.15) is 0 Å². The molecule has 0 atom stereocenters. The van der Waals surface area contributed by atoms with Crippen LogP contribution in [0.15, 0.2) is 6.08 Å². The highest BCUT2D eigenvalue weighted by Crippen LogP contribution is 2.36. The first-order chi connectivity index (χ1) is 13.6. The minimum atomic E-state index is 0.601. The van der Waals surface area contributed by atoms with Crippen LogP contribution in [0.4, 0.5) is 5.82 Å². The van der Waals surface area contributed by atoms with Crippen molar-refractivity contribution in [1.82, 2.24) is 19.9 Å². The van der Waals surface area contributed by atoms with E-state index in [9.17, 15) is 0 Å². The zero-order valence-electron chi connectivity index (χ0n) is 18.0. The maximum Gasteiger partial charge on any atom is 0.149 e. The predicted molar refractivity (Wildman–Crippen MR) is 119 cm³/mol. The van der Waals surface area contributed by atoms with Crippen molar-refractivity contribution in [1.29, 1.82) is 0 Å². The van der Waals surface area contributed by atoms with Gasteiger partial charge in [-0.25, -0.2) is 9.97 Å². The number of nitrogens with two attached hydrogens (primary N) is 1. The summed E-state index contributed by atoms with van der Waals surface area (Å²) in [6.45, 7) is 6.85. The number of unbranched alkanes of at least 4 members (excludes halogenated alkanes) is 3. The molecule has 0 radical (unpaired) electrons. The first-order valence-electron chi connectivity index (χ1n) is 11.2. The normalized spacial score (nSPS) is 13.9. The van der Waals surface area contributed by atoms with E-state index in [2.05, 4.69) is 36.9 Å². The van der Waals surface area contributed by atoms with Crippen molar-refractivity contribution >= 4 is 22.4 Å². The van der Waals surface area contributed by atoms with Crippen LogP contribution in [0.3, 0.4) is 0 Å². The second-order valence-electron chi connectivity index (χ2n) is 8.21. The second kappa shape index (κ2) is 10.1. The number of H-pyrrole nitrogens is 1. The Morgan fingerprint density at radius 2 is 1.89 bits per heavy atom. The molecule has 5 heteroatoms. The maximum absolute atomic E-state index is 6.25. The lowest BCUT2D eigenvalue weighted by Gasteiger charge is -2.19. The Labute approximate surface area is 169 Å². The molecule has 0 bridgehead atoms. The van der Waals surface area contributed by atoms with Crippen molar-refractivity contribution in [3.63, 3.8) is 0 Å². The Morgan fingerprint density at radius 3 is 2.68 bits per heavy atom. The molecule has 0 aromatic carbocycles. The number of nitrogens with zero attached hydrogens (tertiary/aromatic N) is 3. The van der Waals surface area contributed by atoms with Crippen LogP contribution >= 0.6 is 0 Å². The third-order valence-corrected chi connectivity index (χ3v) is 5.74. The van der Waals surface area contributed by atoms with E-state index >= 15 is 0 Å². The average molecular weight is 384 g/mol. The average Bonchev–Trinajstić information content (AvgIpc) is 3.11. The Bertz CT molecular complexity index is 805. The molecule has 28 heavy (non-hydrogen) atoms. The molecule has 0 saturated carbocycles. The van der Waals surface area contributed by atoms with Crippen LogP contribution in [0, 0.1) is 0 Å². The first-order valence-corrected chi connectivity index (χ1v) is 11.2. The van der Waals surface area contributed by atoms with Gasteiger partial charge in [0.2, 0.25) is 0 Å². The summed E-state index contributed by atoms with van der Waals surface area (Å²) in [5.74, 6) is 1.65. The molecule has 0 amide bonds. The van der Waals surface area contributed by atoms with Gasteiger partial charge < -0.3 is 15.6 Å². The molecule has 0 fully saturated rings. The number of aryl methyl sites for hydroxylation is 2. The Hall–Kier alpha value is -1.88. The van der Waals surface area contributed by atoms with Crippen LogP contribution < -0.4 is 5.73 Å². The number of imidazole rings is 1. The van der Waals surface area contributed by atoms with Crippen LogP contribution in [0.2, 0.25) is 0 Å². The summed E-state index contributed by atoms with van der Waals surface area (Å²) >= 11 is 0. The fourth-order valence-electron chi connectivity index (χ4n) is 4.24. The molecule has 0 unspecified atom stereocenters. The van der Waals surface area contributed by atoms with Gasteiger partial charge in [0.05, 0.1) is 5.69 Å². The van der Waals surface area contributed by atoms with E-state index in [0.717, 1.165) is 54.7 Å². The van der Waals surface area contributed by atoms with Gasteiger partial charge >= 0.3 is 0 Å². The van der Waals surface area contributed by atoms with Gasteiger partial charge in [-0.1, -0.05) is 32.8 Å². The number of anilines is 1. The van der Waals surface area contributed by atoms with Crippen LogP contribution in [0.5, 0.6) is 0 Å². The third-order valence-electron chi connectivity index (χ3n) is 5.74. The van der Waals surface area contributed by atoms with Crippen molar-refractivity contribution in [3.8, 4) is 0 Å². The molecular formula is C23H37N5. The number of aromatic amines is 1. The largest absolute Gasteiger partial charge is 0.382 e. The summed E-state index contributed by atoms with van der Waals surface area (Å²) in [4.78, 5) is 15.5. The molecular weight excluding hydrogens is 346 g/mol. The standard InChI is InChI=1S/C23H37N5/c1-4-6-14-19-26-21-20-17(11-8-7-9-16-28(3)15-5-2)12-10-13-18(20)25-23(24)22(21)27-19/h12H,4-11,13-16H2,1-3H3,(H2,24,25)(H,26,27). The van der Waals surface area contributed by atoms with Gasteiger partial charge in [-0.15, -0.1) is 0 Å². The molecule has 2 heterocycles. The molecule has 0 spiro atoms. The van der Waals surface area contributed by atoms with Crippen molar-refractivity contribution in [2.45, 2.75) is 78.1 Å². The number of allylic oxidation sites excluding steroid dienone is 2. The third kappa shape index (κ3) is 4.93. The van der Waals surface area contributed by atoms with Gasteiger partial charge in [-0.3, -0.25) is 0 Å². The Kier molecular flexibility index (Phi) is 7.49. The fourth-order valence-corrected chi connectivity index (χ4v) is 4.24. The number of pyridine rings is 1. The molecule has 1 aliphatic rings. The fraction of sp³-hybridized carbons (Fsp3) is 0.652. The molecule has 1 aliphatic carbocycles. The molecule has 0 aliphatic heterocycles. The number of hydrogen-bond donors (Lipinski definition) is 2. The summed E-state index contributed by atoms with van der Waals surface area (Å²) in [5, 5.41) is 0. The number of fused-ring (bicyclic) bond motifs is 3. The molecule has 2 aromatic heterocycles. The zero-order chi connectivity index (χ0) is 19.9. The predicted octanol–water partition coefficient (Wildman–Crippen LogP) is 5.11. The summed E-state index contributed by atoms with van der Waals surface area (Å²) in [7, 11) is 2.23. The Balaban J connectivity index is 1.70.